The summed E-state index contributed by atoms with van der Waals surface area (Å²) in [5.41, 5.74) is 1.50. The molecule has 4 rings (SSSR count). The van der Waals surface area contributed by atoms with Crippen LogP contribution in [0.4, 0.5) is 10.5 Å². The molecule has 1 aromatic carbocycles. The Bertz CT molecular complexity index is 969. The van der Waals surface area contributed by atoms with Gasteiger partial charge >= 0.3 is 6.03 Å². The number of carbonyl (C=O) groups excluding carboxylic acids is 3. The molecule has 0 bridgehead atoms. The maximum absolute atomic E-state index is 12.7. The number of nitrogens with zero attached hydrogens (tertiary/aromatic N) is 3. The number of urea groups is 1. The average molecular weight is 409 g/mol. The zero-order valence-corrected chi connectivity index (χ0v) is 17.4. The summed E-state index contributed by atoms with van der Waals surface area (Å²) in [4.78, 5) is 43.2. The fraction of sp³-hybridized carbons (Fsp3) is 0.455. The number of rotatable bonds is 6. The predicted octanol–water partition coefficient (Wildman–Crippen LogP) is 2.94. The number of nitrogens with one attached hydrogen (secondary N) is 2. The van der Waals surface area contributed by atoms with E-state index in [4.69, 9.17) is 4.98 Å². The second-order valence-corrected chi connectivity index (χ2v) is 7.93. The Morgan fingerprint density at radius 2 is 2.03 bits per heavy atom. The number of imidazole rings is 1. The maximum Gasteiger partial charge on any atom is 0.325 e. The van der Waals surface area contributed by atoms with E-state index in [9.17, 15) is 14.4 Å². The number of imide groups is 1. The summed E-state index contributed by atoms with van der Waals surface area (Å²) in [6.07, 6.45) is 6.34. The van der Waals surface area contributed by atoms with Gasteiger partial charge in [-0.15, -0.1) is 0 Å². The van der Waals surface area contributed by atoms with Gasteiger partial charge in [0, 0.05) is 30.4 Å². The molecule has 1 fully saturated rings. The third-order valence-electron chi connectivity index (χ3n) is 6.11. The van der Waals surface area contributed by atoms with Crippen LogP contribution < -0.4 is 10.6 Å². The Morgan fingerprint density at radius 3 is 2.73 bits per heavy atom. The molecule has 2 aliphatic rings. The lowest BCUT2D eigenvalue weighted by molar-refractivity contribution is -0.134. The van der Waals surface area contributed by atoms with E-state index in [-0.39, 0.29) is 12.5 Å². The Labute approximate surface area is 175 Å². The highest BCUT2D eigenvalue weighted by atomic mass is 16.2. The Balaban J connectivity index is 1.45. The molecule has 0 saturated carbocycles. The predicted molar refractivity (Wildman–Crippen MR) is 113 cm³/mol. The fourth-order valence-electron chi connectivity index (χ4n) is 4.20. The largest absolute Gasteiger partial charge is 0.334 e. The first-order valence-corrected chi connectivity index (χ1v) is 10.6. The molecule has 1 aromatic heterocycles. The molecule has 1 saturated heterocycles. The Kier molecular flexibility index (Phi) is 5.32. The van der Waals surface area contributed by atoms with E-state index in [0.29, 0.717) is 18.5 Å². The molecular weight excluding hydrogens is 382 g/mol. The average Bonchev–Trinajstić information content (AvgIpc) is 3.29. The summed E-state index contributed by atoms with van der Waals surface area (Å²) in [6.45, 7) is 4.38. The van der Waals surface area contributed by atoms with Crippen LogP contribution in [0.2, 0.25) is 0 Å². The number of aryl methyl sites for hydroxylation is 2. The van der Waals surface area contributed by atoms with Gasteiger partial charge in [0.1, 0.15) is 17.9 Å². The number of aromatic nitrogens is 2. The summed E-state index contributed by atoms with van der Waals surface area (Å²) >= 11 is 0. The topological polar surface area (TPSA) is 96.3 Å². The van der Waals surface area contributed by atoms with E-state index >= 15 is 0 Å². The van der Waals surface area contributed by atoms with Crippen molar-refractivity contribution in [1.82, 2.24) is 19.8 Å². The first-order valence-electron chi connectivity index (χ1n) is 10.6. The van der Waals surface area contributed by atoms with Crippen molar-refractivity contribution in [2.75, 3.05) is 11.9 Å². The highest BCUT2D eigenvalue weighted by molar-refractivity contribution is 6.10. The summed E-state index contributed by atoms with van der Waals surface area (Å²) in [5, 5.41) is 5.53. The van der Waals surface area contributed by atoms with E-state index in [2.05, 4.69) is 21.4 Å². The number of anilines is 1. The zero-order valence-electron chi connectivity index (χ0n) is 17.4. The smallest absolute Gasteiger partial charge is 0.325 e. The van der Waals surface area contributed by atoms with Crippen molar-refractivity contribution in [3.8, 4) is 11.3 Å². The second-order valence-electron chi connectivity index (χ2n) is 7.93. The molecule has 0 radical (unpaired) electrons. The van der Waals surface area contributed by atoms with Crippen molar-refractivity contribution in [3.05, 3.63) is 36.3 Å². The van der Waals surface area contributed by atoms with Crippen molar-refractivity contribution in [2.24, 2.45) is 0 Å². The van der Waals surface area contributed by atoms with Crippen molar-refractivity contribution < 1.29 is 14.4 Å². The van der Waals surface area contributed by atoms with Crippen LogP contribution in [0.15, 0.2) is 30.5 Å². The lowest BCUT2D eigenvalue weighted by Crippen LogP contribution is -2.46. The van der Waals surface area contributed by atoms with Gasteiger partial charge in [0.15, 0.2) is 0 Å². The number of amides is 4. The van der Waals surface area contributed by atoms with Crippen molar-refractivity contribution in [1.29, 1.82) is 0 Å². The van der Waals surface area contributed by atoms with Gasteiger partial charge in [-0.05, 0) is 37.8 Å². The van der Waals surface area contributed by atoms with E-state index in [1.54, 1.807) is 6.07 Å². The lowest BCUT2D eigenvalue weighted by Gasteiger charge is -2.23. The molecule has 0 unspecified atom stereocenters. The van der Waals surface area contributed by atoms with Crippen molar-refractivity contribution in [3.63, 3.8) is 0 Å². The van der Waals surface area contributed by atoms with Gasteiger partial charge < -0.3 is 15.2 Å². The molecule has 8 nitrogen and oxygen atoms in total. The van der Waals surface area contributed by atoms with Crippen LogP contribution in [-0.2, 0) is 22.6 Å². The minimum atomic E-state index is -0.905. The summed E-state index contributed by atoms with van der Waals surface area (Å²) < 4.78 is 2.19. The van der Waals surface area contributed by atoms with Crippen LogP contribution in [-0.4, -0.2) is 44.4 Å². The maximum atomic E-state index is 12.7. The first kappa shape index (κ1) is 20.1. The first-order chi connectivity index (χ1) is 14.5. The monoisotopic (exact) mass is 409 g/mol. The van der Waals surface area contributed by atoms with E-state index in [0.717, 1.165) is 41.4 Å². The number of carbonyl (C=O) groups is 3. The van der Waals surface area contributed by atoms with Crippen LogP contribution in [0.5, 0.6) is 0 Å². The zero-order chi connectivity index (χ0) is 21.3. The number of fused-ring (bicyclic) bond motifs is 1. The van der Waals surface area contributed by atoms with Crippen LogP contribution >= 0.6 is 0 Å². The minimum absolute atomic E-state index is 0.310. The highest BCUT2D eigenvalue weighted by Crippen LogP contribution is 2.26. The highest BCUT2D eigenvalue weighted by Gasteiger charge is 2.49. The Hall–Kier alpha value is -3.16. The molecule has 2 N–H and O–H groups in total. The minimum Gasteiger partial charge on any atom is -0.334 e. The normalized spacial score (nSPS) is 17.6. The third-order valence-corrected chi connectivity index (χ3v) is 6.11. The van der Waals surface area contributed by atoms with Gasteiger partial charge in [-0.25, -0.2) is 9.78 Å². The molecule has 8 heteroatoms. The van der Waals surface area contributed by atoms with Crippen LogP contribution in [0.25, 0.3) is 11.3 Å². The molecule has 0 atom stereocenters. The number of hydrogen-bond acceptors (Lipinski definition) is 4. The standard InChI is InChI=1S/C22H27N5O3/c1-3-22(4-2)20(29)27(21(30)25-22)14-19(28)23-16-9-7-8-15(12-16)17-13-26-11-6-5-10-18(26)24-17/h7-9,12-13H,3-6,10-11,14H2,1-2H3,(H,23,28)(H,25,30). The molecule has 30 heavy (non-hydrogen) atoms. The van der Waals surface area contributed by atoms with Gasteiger partial charge in [-0.3, -0.25) is 14.5 Å². The number of hydrogen-bond donors (Lipinski definition) is 2. The van der Waals surface area contributed by atoms with E-state index in [1.165, 1.54) is 6.42 Å². The van der Waals surface area contributed by atoms with Crippen molar-refractivity contribution >= 4 is 23.5 Å². The van der Waals surface area contributed by atoms with Gasteiger partial charge in [0.2, 0.25) is 5.91 Å². The lowest BCUT2D eigenvalue weighted by atomic mass is 9.93. The van der Waals surface area contributed by atoms with Crippen molar-refractivity contribution in [2.45, 2.75) is 58.0 Å². The molecule has 158 valence electrons. The van der Waals surface area contributed by atoms with E-state index < -0.39 is 17.5 Å². The molecular formula is C22H27N5O3. The molecule has 0 spiro atoms. The molecule has 2 aliphatic heterocycles. The third kappa shape index (κ3) is 3.58. The second kappa shape index (κ2) is 7.93. The van der Waals surface area contributed by atoms with Crippen LogP contribution in [0.1, 0.15) is 45.4 Å². The molecule has 0 aliphatic carbocycles. The molecule has 2 aromatic rings. The van der Waals surface area contributed by atoms with Crippen LogP contribution in [0, 0.1) is 0 Å². The van der Waals surface area contributed by atoms with Gasteiger partial charge in [0.05, 0.1) is 5.69 Å². The van der Waals surface area contributed by atoms with Gasteiger partial charge in [0.25, 0.3) is 5.91 Å². The van der Waals surface area contributed by atoms with E-state index in [1.807, 2.05) is 32.0 Å². The SMILES string of the molecule is CCC1(CC)NC(=O)N(CC(=O)Nc2cccc(-c3cn4c(n3)CCCC4)c2)C1=O. The molecule has 4 amide bonds. The van der Waals surface area contributed by atoms with Gasteiger partial charge in [-0.1, -0.05) is 26.0 Å². The van der Waals surface area contributed by atoms with Crippen LogP contribution in [0.3, 0.4) is 0 Å². The Morgan fingerprint density at radius 1 is 1.23 bits per heavy atom. The quantitative estimate of drug-likeness (QED) is 0.717. The summed E-state index contributed by atoms with van der Waals surface area (Å²) in [5.74, 6) is 0.340. The fourth-order valence-corrected chi connectivity index (χ4v) is 4.20. The molecule has 3 heterocycles. The van der Waals surface area contributed by atoms with Gasteiger partial charge in [-0.2, -0.15) is 0 Å². The summed E-state index contributed by atoms with van der Waals surface area (Å²) in [6, 6.07) is 6.94. The number of benzene rings is 1. The summed E-state index contributed by atoms with van der Waals surface area (Å²) in [7, 11) is 0.